The molecule has 0 saturated carbocycles. The number of allylic oxidation sites excluding steroid dienone is 1. The van der Waals surface area contributed by atoms with Crippen LogP contribution in [0.4, 0.5) is 17.6 Å². The van der Waals surface area contributed by atoms with E-state index >= 15 is 0 Å². The van der Waals surface area contributed by atoms with Crippen molar-refractivity contribution in [2.45, 2.75) is 32.2 Å². The van der Waals surface area contributed by atoms with Crippen molar-refractivity contribution in [2.24, 2.45) is 0 Å². The number of esters is 1. The lowest BCUT2D eigenvalue weighted by molar-refractivity contribution is 0.0722. The van der Waals surface area contributed by atoms with Crippen molar-refractivity contribution in [1.29, 1.82) is 5.26 Å². The Kier molecular flexibility index (Phi) is 6.82. The molecular weight excluding hydrogens is 468 g/mol. The highest BCUT2D eigenvalue weighted by atomic mass is 19.2. The SMILES string of the molecule is COc1cc(C=C(C#N)c2nnc3n2CCCCC3)ccc1OC(=O)c1cc(F)c(F)c(F)c1F. The molecule has 0 radical (unpaired) electrons. The number of carbonyl (C=O) groups is 1. The second-order valence-corrected chi connectivity index (χ2v) is 7.72. The van der Waals surface area contributed by atoms with E-state index in [1.165, 1.54) is 25.3 Å². The maximum Gasteiger partial charge on any atom is 0.346 e. The third-order valence-electron chi connectivity index (χ3n) is 5.49. The normalized spacial score (nSPS) is 13.5. The summed E-state index contributed by atoms with van der Waals surface area (Å²) in [6.07, 6.45) is 5.35. The van der Waals surface area contributed by atoms with Gasteiger partial charge in [-0.05, 0) is 42.7 Å². The Morgan fingerprint density at radius 3 is 2.60 bits per heavy atom. The van der Waals surface area contributed by atoms with Gasteiger partial charge in [0.2, 0.25) is 0 Å². The third-order valence-corrected chi connectivity index (χ3v) is 5.49. The topological polar surface area (TPSA) is 90.0 Å². The quantitative estimate of drug-likeness (QED) is 0.128. The summed E-state index contributed by atoms with van der Waals surface area (Å²) in [5.74, 6) is -8.13. The summed E-state index contributed by atoms with van der Waals surface area (Å²) in [5, 5.41) is 18.1. The molecule has 0 amide bonds. The predicted molar refractivity (Wildman–Crippen MR) is 115 cm³/mol. The molecule has 2 aromatic carbocycles. The van der Waals surface area contributed by atoms with Gasteiger partial charge in [-0.2, -0.15) is 5.26 Å². The van der Waals surface area contributed by atoms with Crippen molar-refractivity contribution in [1.82, 2.24) is 14.8 Å². The number of nitrogens with zero attached hydrogens (tertiary/aromatic N) is 4. The van der Waals surface area contributed by atoms with Crippen LogP contribution in [0.2, 0.25) is 0 Å². The van der Waals surface area contributed by atoms with Gasteiger partial charge in [0.25, 0.3) is 0 Å². The lowest BCUT2D eigenvalue weighted by Crippen LogP contribution is -2.14. The van der Waals surface area contributed by atoms with E-state index in [1.54, 1.807) is 6.08 Å². The van der Waals surface area contributed by atoms with Crippen molar-refractivity contribution in [3.8, 4) is 17.6 Å². The zero-order valence-electron chi connectivity index (χ0n) is 18.4. The molecule has 35 heavy (non-hydrogen) atoms. The number of hydrogen-bond acceptors (Lipinski definition) is 6. The number of aromatic nitrogens is 3. The van der Waals surface area contributed by atoms with Crippen molar-refractivity contribution in [3.63, 3.8) is 0 Å². The highest BCUT2D eigenvalue weighted by Crippen LogP contribution is 2.31. The van der Waals surface area contributed by atoms with E-state index in [9.17, 15) is 27.6 Å². The number of halogens is 4. The van der Waals surface area contributed by atoms with Gasteiger partial charge in [-0.25, -0.2) is 22.4 Å². The Labute approximate surface area is 197 Å². The largest absolute Gasteiger partial charge is 0.493 e. The van der Waals surface area contributed by atoms with Crippen LogP contribution in [0.25, 0.3) is 11.6 Å². The lowest BCUT2D eigenvalue weighted by Gasteiger charge is -2.11. The maximum atomic E-state index is 13.9. The van der Waals surface area contributed by atoms with Gasteiger partial charge < -0.3 is 14.0 Å². The molecule has 1 aliphatic rings. The van der Waals surface area contributed by atoms with Gasteiger partial charge in [0.1, 0.15) is 17.5 Å². The summed E-state index contributed by atoms with van der Waals surface area (Å²) in [6, 6.07) is 6.57. The summed E-state index contributed by atoms with van der Waals surface area (Å²) in [5.41, 5.74) is -0.363. The van der Waals surface area contributed by atoms with Crippen LogP contribution < -0.4 is 9.47 Å². The van der Waals surface area contributed by atoms with Crippen LogP contribution in [0.15, 0.2) is 24.3 Å². The number of fused-ring (bicyclic) bond motifs is 1. The number of hydrogen-bond donors (Lipinski definition) is 0. The summed E-state index contributed by atoms with van der Waals surface area (Å²) in [7, 11) is 1.28. The Morgan fingerprint density at radius 1 is 1.06 bits per heavy atom. The van der Waals surface area contributed by atoms with Gasteiger partial charge >= 0.3 is 5.97 Å². The molecule has 0 fully saturated rings. The average Bonchev–Trinajstić information content (AvgIpc) is 3.11. The van der Waals surface area contributed by atoms with E-state index < -0.39 is 34.8 Å². The standard InChI is InChI=1S/C24H18F4N4O3/c1-34-18-10-13(9-14(12-29)23-31-30-19-5-3-2-4-8-32(19)23)6-7-17(18)35-24(33)15-11-16(25)21(27)22(28)20(15)26/h6-7,9-11H,2-5,8H2,1H3. The van der Waals surface area contributed by atoms with Crippen LogP contribution in [0.3, 0.4) is 0 Å². The lowest BCUT2D eigenvalue weighted by atomic mass is 10.1. The first-order chi connectivity index (χ1) is 16.8. The van der Waals surface area contributed by atoms with E-state index in [0.717, 1.165) is 31.5 Å². The molecule has 1 aliphatic heterocycles. The van der Waals surface area contributed by atoms with Crippen LogP contribution in [0, 0.1) is 34.6 Å². The Hall–Kier alpha value is -4.20. The Balaban J connectivity index is 1.63. The highest BCUT2D eigenvalue weighted by Gasteiger charge is 2.25. The van der Waals surface area contributed by atoms with Gasteiger partial charge in [0.05, 0.1) is 12.7 Å². The molecule has 0 bridgehead atoms. The van der Waals surface area contributed by atoms with Crippen LogP contribution in [-0.4, -0.2) is 27.8 Å². The number of benzene rings is 2. The van der Waals surface area contributed by atoms with Crippen molar-refractivity contribution in [3.05, 3.63) is 70.3 Å². The molecule has 2 heterocycles. The summed E-state index contributed by atoms with van der Waals surface area (Å²) in [6.45, 7) is 0.704. The minimum atomic E-state index is -2.13. The molecule has 0 unspecified atom stereocenters. The second-order valence-electron chi connectivity index (χ2n) is 7.72. The molecule has 0 atom stereocenters. The van der Waals surface area contributed by atoms with Crippen LogP contribution >= 0.6 is 0 Å². The zero-order chi connectivity index (χ0) is 25.1. The van der Waals surface area contributed by atoms with Crippen molar-refractivity contribution in [2.75, 3.05) is 7.11 Å². The number of carbonyl (C=O) groups excluding carboxylic acids is 1. The molecular formula is C24H18F4N4O3. The molecule has 0 spiro atoms. The minimum Gasteiger partial charge on any atom is -0.493 e. The Bertz CT molecular complexity index is 1380. The van der Waals surface area contributed by atoms with E-state index in [-0.39, 0.29) is 23.1 Å². The molecule has 4 rings (SSSR count). The monoisotopic (exact) mass is 486 g/mol. The summed E-state index contributed by atoms with van der Waals surface area (Å²) in [4.78, 5) is 12.3. The molecule has 11 heteroatoms. The van der Waals surface area contributed by atoms with Gasteiger partial charge in [0.15, 0.2) is 40.6 Å². The number of aryl methyl sites for hydroxylation is 1. The van der Waals surface area contributed by atoms with Crippen LogP contribution in [-0.2, 0) is 13.0 Å². The molecule has 7 nitrogen and oxygen atoms in total. The minimum absolute atomic E-state index is 0.0212. The fourth-order valence-corrected chi connectivity index (χ4v) is 3.73. The number of nitriles is 1. The Morgan fingerprint density at radius 2 is 1.86 bits per heavy atom. The van der Waals surface area contributed by atoms with Crippen LogP contribution in [0.1, 0.15) is 46.8 Å². The molecule has 0 saturated heterocycles. The van der Waals surface area contributed by atoms with E-state index in [4.69, 9.17) is 9.47 Å². The molecule has 0 N–H and O–H groups in total. The van der Waals surface area contributed by atoms with E-state index in [1.807, 2.05) is 4.57 Å². The zero-order valence-corrected chi connectivity index (χ0v) is 18.4. The highest BCUT2D eigenvalue weighted by molar-refractivity contribution is 5.92. The van der Waals surface area contributed by atoms with E-state index in [0.29, 0.717) is 17.9 Å². The fraction of sp³-hybridized carbons (Fsp3) is 0.250. The van der Waals surface area contributed by atoms with Gasteiger partial charge in [-0.3, -0.25) is 0 Å². The number of rotatable bonds is 5. The maximum absolute atomic E-state index is 13.9. The summed E-state index contributed by atoms with van der Waals surface area (Å²) >= 11 is 0. The third kappa shape index (κ3) is 4.73. The van der Waals surface area contributed by atoms with Crippen LogP contribution in [0.5, 0.6) is 11.5 Å². The first-order valence-corrected chi connectivity index (χ1v) is 10.6. The van der Waals surface area contributed by atoms with Gasteiger partial charge in [-0.1, -0.05) is 12.5 Å². The second kappa shape index (κ2) is 9.97. The predicted octanol–water partition coefficient (Wildman–Crippen LogP) is 4.85. The average molecular weight is 486 g/mol. The van der Waals surface area contributed by atoms with Gasteiger partial charge in [-0.15, -0.1) is 10.2 Å². The van der Waals surface area contributed by atoms with Gasteiger partial charge in [0, 0.05) is 13.0 Å². The first-order valence-electron chi connectivity index (χ1n) is 10.6. The van der Waals surface area contributed by atoms with Crippen molar-refractivity contribution < 1.29 is 31.8 Å². The molecule has 1 aromatic heterocycles. The molecule has 0 aliphatic carbocycles. The van der Waals surface area contributed by atoms with E-state index in [2.05, 4.69) is 16.3 Å². The smallest absolute Gasteiger partial charge is 0.346 e. The fourth-order valence-electron chi connectivity index (χ4n) is 3.73. The van der Waals surface area contributed by atoms with Crippen molar-refractivity contribution >= 4 is 17.6 Å². The number of ether oxygens (including phenoxy) is 2. The summed E-state index contributed by atoms with van der Waals surface area (Å²) < 4.78 is 66.2. The molecule has 3 aromatic rings. The molecule has 180 valence electrons. The number of methoxy groups -OCH3 is 1. The first kappa shape index (κ1) is 23.9.